The number of rotatable bonds is 7. The maximum absolute atomic E-state index is 12.1. The summed E-state index contributed by atoms with van der Waals surface area (Å²) in [6, 6.07) is 22.3. The van der Waals surface area contributed by atoms with E-state index in [1.165, 1.54) is 6.21 Å². The average molecular weight is 421 g/mol. The zero-order valence-electron chi connectivity index (χ0n) is 17.7. The zero-order chi connectivity index (χ0) is 22.9. The van der Waals surface area contributed by atoms with E-state index >= 15 is 0 Å². The summed E-state index contributed by atoms with van der Waals surface area (Å²) in [5.41, 5.74) is 2.49. The van der Waals surface area contributed by atoms with E-state index in [9.17, 15) is 4.79 Å². The summed E-state index contributed by atoms with van der Waals surface area (Å²) < 4.78 is 11.1. The molecule has 3 aromatic rings. The standard InChI is InChI=1S/C21H18N2O3.C2H5N.CH4O/c22-14-16-6-8-18(9-7-16)19-10-11-20(26-19)21(24)23-12-13-25-15-17-4-2-1-3-5-17;1-2-3;1-2/h1-11H,12-13,15H2,(H,23,24);2-3H,1H3;2H,1H3. The number of carbonyl (C=O) groups is 1. The molecule has 7 heteroatoms. The number of aliphatic hydroxyl groups is 1. The van der Waals surface area contributed by atoms with E-state index in [2.05, 4.69) is 11.4 Å². The van der Waals surface area contributed by atoms with Crippen molar-refractivity contribution >= 4 is 12.1 Å². The maximum Gasteiger partial charge on any atom is 0.287 e. The Bertz CT molecular complexity index is 945. The van der Waals surface area contributed by atoms with Crippen LogP contribution < -0.4 is 5.32 Å². The SMILES string of the molecule is CC=N.CO.N#Cc1ccc(-c2ccc(C(=O)NCCOCc3ccccc3)o2)cc1. The van der Waals surface area contributed by atoms with Crippen LogP contribution in [0, 0.1) is 16.7 Å². The molecule has 0 atom stereocenters. The molecule has 0 aliphatic rings. The highest BCUT2D eigenvalue weighted by atomic mass is 16.5. The van der Waals surface area contributed by atoms with Gasteiger partial charge in [-0.2, -0.15) is 5.26 Å². The van der Waals surface area contributed by atoms with E-state index in [4.69, 9.17) is 24.9 Å². The highest BCUT2D eigenvalue weighted by Gasteiger charge is 2.11. The van der Waals surface area contributed by atoms with Crippen molar-refractivity contribution in [2.45, 2.75) is 13.5 Å². The first-order chi connectivity index (χ1) is 15.2. The van der Waals surface area contributed by atoms with E-state index in [-0.39, 0.29) is 11.7 Å². The van der Waals surface area contributed by atoms with Gasteiger partial charge < -0.3 is 25.0 Å². The van der Waals surface area contributed by atoms with Gasteiger partial charge in [0.05, 0.1) is 24.8 Å². The van der Waals surface area contributed by atoms with Crippen molar-refractivity contribution in [3.8, 4) is 17.4 Å². The topological polar surface area (TPSA) is 119 Å². The Morgan fingerprint density at radius 3 is 2.39 bits per heavy atom. The molecular formula is C24H27N3O4. The highest BCUT2D eigenvalue weighted by molar-refractivity contribution is 5.92. The number of ether oxygens (including phenoxy) is 1. The molecule has 3 rings (SSSR count). The van der Waals surface area contributed by atoms with Gasteiger partial charge in [-0.25, -0.2) is 0 Å². The smallest absolute Gasteiger partial charge is 0.287 e. The molecule has 1 aromatic heterocycles. The van der Waals surface area contributed by atoms with Crippen LogP contribution in [0.2, 0.25) is 0 Å². The minimum atomic E-state index is -0.284. The second-order valence-electron chi connectivity index (χ2n) is 5.94. The summed E-state index contributed by atoms with van der Waals surface area (Å²) in [7, 11) is 1.00. The molecule has 1 heterocycles. The van der Waals surface area contributed by atoms with Crippen molar-refractivity contribution in [3.05, 3.63) is 83.6 Å². The predicted molar refractivity (Wildman–Crippen MR) is 120 cm³/mol. The van der Waals surface area contributed by atoms with Crippen LogP contribution in [0.4, 0.5) is 0 Å². The van der Waals surface area contributed by atoms with Crippen LogP contribution in [0.3, 0.4) is 0 Å². The summed E-state index contributed by atoms with van der Waals surface area (Å²) in [6.07, 6.45) is 1.25. The Hall–Kier alpha value is -3.73. The fourth-order valence-corrected chi connectivity index (χ4v) is 2.41. The number of hydrogen-bond acceptors (Lipinski definition) is 6. The third kappa shape index (κ3) is 9.09. The second-order valence-corrected chi connectivity index (χ2v) is 5.94. The van der Waals surface area contributed by atoms with Crippen molar-refractivity contribution < 1.29 is 19.1 Å². The molecule has 0 bridgehead atoms. The lowest BCUT2D eigenvalue weighted by Crippen LogP contribution is -2.26. The molecule has 0 spiro atoms. The molecular weight excluding hydrogens is 394 g/mol. The molecule has 0 unspecified atom stereocenters. The first-order valence-corrected chi connectivity index (χ1v) is 9.58. The lowest BCUT2D eigenvalue weighted by atomic mass is 10.1. The van der Waals surface area contributed by atoms with Gasteiger partial charge in [-0.15, -0.1) is 0 Å². The van der Waals surface area contributed by atoms with Crippen LogP contribution in [0.5, 0.6) is 0 Å². The Morgan fingerprint density at radius 2 is 1.77 bits per heavy atom. The van der Waals surface area contributed by atoms with E-state index in [0.717, 1.165) is 18.2 Å². The van der Waals surface area contributed by atoms with Crippen LogP contribution in [0.15, 0.2) is 71.1 Å². The van der Waals surface area contributed by atoms with Gasteiger partial charge in [0.2, 0.25) is 0 Å². The molecule has 0 saturated heterocycles. The van der Waals surface area contributed by atoms with E-state index in [0.29, 0.717) is 31.1 Å². The number of nitrogens with one attached hydrogen (secondary N) is 2. The van der Waals surface area contributed by atoms with Gasteiger partial charge in [-0.1, -0.05) is 30.3 Å². The molecule has 0 fully saturated rings. The molecule has 3 N–H and O–H groups in total. The number of benzene rings is 2. The van der Waals surface area contributed by atoms with Gasteiger partial charge >= 0.3 is 0 Å². The lowest BCUT2D eigenvalue weighted by Gasteiger charge is -2.05. The van der Waals surface area contributed by atoms with Crippen LogP contribution in [-0.4, -0.2) is 37.5 Å². The van der Waals surface area contributed by atoms with Gasteiger partial charge in [0.15, 0.2) is 5.76 Å². The lowest BCUT2D eigenvalue weighted by molar-refractivity contribution is 0.0876. The van der Waals surface area contributed by atoms with Crippen LogP contribution >= 0.6 is 0 Å². The number of aliphatic hydroxyl groups excluding tert-OH is 1. The van der Waals surface area contributed by atoms with E-state index in [1.807, 2.05) is 30.3 Å². The largest absolute Gasteiger partial charge is 0.451 e. The van der Waals surface area contributed by atoms with Gasteiger partial charge in [-0.05, 0) is 55.1 Å². The zero-order valence-corrected chi connectivity index (χ0v) is 17.7. The summed E-state index contributed by atoms with van der Waals surface area (Å²) >= 11 is 0. The Kier molecular flexibility index (Phi) is 12.4. The number of nitriles is 1. The first kappa shape index (κ1) is 25.3. The van der Waals surface area contributed by atoms with Crippen molar-refractivity contribution in [1.82, 2.24) is 5.32 Å². The number of nitrogens with zero attached hydrogens (tertiary/aromatic N) is 1. The Balaban J connectivity index is 0.000000884. The summed E-state index contributed by atoms with van der Waals surface area (Å²) in [5, 5.41) is 24.7. The average Bonchev–Trinajstić information content (AvgIpc) is 3.32. The van der Waals surface area contributed by atoms with Crippen molar-refractivity contribution in [2.24, 2.45) is 0 Å². The third-order valence-corrected chi connectivity index (χ3v) is 3.77. The fourth-order valence-electron chi connectivity index (χ4n) is 2.41. The summed E-state index contributed by atoms with van der Waals surface area (Å²) in [6.45, 7) is 3.00. The molecule has 162 valence electrons. The fraction of sp³-hybridized carbons (Fsp3) is 0.208. The minimum absolute atomic E-state index is 0.243. The highest BCUT2D eigenvalue weighted by Crippen LogP contribution is 2.22. The van der Waals surface area contributed by atoms with E-state index in [1.54, 1.807) is 43.3 Å². The quantitative estimate of drug-likeness (QED) is 0.393. The monoisotopic (exact) mass is 421 g/mol. The van der Waals surface area contributed by atoms with Gasteiger partial charge in [-0.3, -0.25) is 4.79 Å². The molecule has 31 heavy (non-hydrogen) atoms. The van der Waals surface area contributed by atoms with Gasteiger partial charge in [0.1, 0.15) is 5.76 Å². The minimum Gasteiger partial charge on any atom is -0.451 e. The van der Waals surface area contributed by atoms with Crippen molar-refractivity contribution in [2.75, 3.05) is 20.3 Å². The van der Waals surface area contributed by atoms with Crippen LogP contribution in [0.25, 0.3) is 11.3 Å². The maximum atomic E-state index is 12.1. The Labute approximate surface area is 182 Å². The number of amides is 1. The van der Waals surface area contributed by atoms with Crippen molar-refractivity contribution in [1.29, 1.82) is 10.7 Å². The van der Waals surface area contributed by atoms with Crippen molar-refractivity contribution in [3.63, 3.8) is 0 Å². The van der Waals surface area contributed by atoms with Crippen LogP contribution in [-0.2, 0) is 11.3 Å². The molecule has 0 aliphatic carbocycles. The molecule has 1 amide bonds. The second kappa shape index (κ2) is 15.2. The number of furan rings is 1. The number of carbonyl (C=O) groups excluding carboxylic acids is 1. The summed E-state index contributed by atoms with van der Waals surface area (Å²) in [4.78, 5) is 12.1. The first-order valence-electron chi connectivity index (χ1n) is 9.58. The number of hydrogen-bond donors (Lipinski definition) is 3. The summed E-state index contributed by atoms with van der Waals surface area (Å²) in [5.74, 6) is 0.542. The molecule has 0 saturated carbocycles. The molecule has 0 aliphatic heterocycles. The molecule has 0 radical (unpaired) electrons. The normalized spacial score (nSPS) is 9.23. The Morgan fingerprint density at radius 1 is 1.13 bits per heavy atom. The molecule has 7 nitrogen and oxygen atoms in total. The van der Waals surface area contributed by atoms with E-state index < -0.39 is 0 Å². The van der Waals surface area contributed by atoms with Gasteiger partial charge in [0, 0.05) is 19.2 Å². The molecule has 2 aromatic carbocycles. The third-order valence-electron chi connectivity index (χ3n) is 3.77. The predicted octanol–water partition coefficient (Wildman–Crippen LogP) is 4.03. The van der Waals surface area contributed by atoms with Crippen LogP contribution in [0.1, 0.15) is 28.6 Å². The van der Waals surface area contributed by atoms with Gasteiger partial charge in [0.25, 0.3) is 5.91 Å².